The molecule has 1 N–H and O–H groups in total. The molecule has 1 aliphatic heterocycles. The molecular formula is C12H12N2O3S. The summed E-state index contributed by atoms with van der Waals surface area (Å²) < 4.78 is 0. The fourth-order valence-corrected chi connectivity index (χ4v) is 2.48. The molecule has 94 valence electrons. The van der Waals surface area contributed by atoms with Crippen LogP contribution in [0.2, 0.25) is 0 Å². The van der Waals surface area contributed by atoms with Crippen LogP contribution in [0.25, 0.3) is 5.70 Å². The van der Waals surface area contributed by atoms with E-state index in [0.717, 1.165) is 5.56 Å². The lowest BCUT2D eigenvalue weighted by atomic mass is 10.1. The van der Waals surface area contributed by atoms with Gasteiger partial charge in [0.1, 0.15) is 6.04 Å². The Hall–Kier alpha value is -1.82. The van der Waals surface area contributed by atoms with Crippen LogP contribution in [-0.2, 0) is 9.59 Å². The van der Waals surface area contributed by atoms with Gasteiger partial charge in [-0.3, -0.25) is 14.7 Å². The number of hydrogen-bond acceptors (Lipinski definition) is 4. The smallest absolute Gasteiger partial charge is 0.326 e. The number of rotatable bonds is 3. The lowest BCUT2D eigenvalue weighted by molar-refractivity contribution is -0.145. The second kappa shape index (κ2) is 5.22. The van der Waals surface area contributed by atoms with Crippen molar-refractivity contribution in [1.29, 1.82) is 0 Å². The van der Waals surface area contributed by atoms with E-state index in [1.54, 1.807) is 29.9 Å². The third-order valence-electron chi connectivity index (χ3n) is 2.63. The van der Waals surface area contributed by atoms with E-state index in [9.17, 15) is 9.59 Å². The SMILES string of the molecule is CC(C(=O)O)N1C(=O)CSC=C1c1cccnc1. The first-order valence-corrected chi connectivity index (χ1v) is 6.43. The van der Waals surface area contributed by atoms with Crippen molar-refractivity contribution < 1.29 is 14.7 Å². The molecule has 0 fully saturated rings. The van der Waals surface area contributed by atoms with Crippen LogP contribution in [-0.4, -0.2) is 38.7 Å². The van der Waals surface area contributed by atoms with Crippen LogP contribution in [0.4, 0.5) is 0 Å². The Balaban J connectivity index is 2.40. The third kappa shape index (κ3) is 2.38. The molecule has 0 bridgehead atoms. The Kier molecular flexibility index (Phi) is 3.66. The van der Waals surface area contributed by atoms with E-state index in [2.05, 4.69) is 4.98 Å². The second-order valence-corrected chi connectivity index (χ2v) is 4.69. The number of pyridine rings is 1. The molecule has 0 saturated carbocycles. The van der Waals surface area contributed by atoms with Gasteiger partial charge in [-0.05, 0) is 24.5 Å². The molecule has 0 radical (unpaired) electrons. The van der Waals surface area contributed by atoms with Crippen molar-refractivity contribution in [3.8, 4) is 0 Å². The standard InChI is InChI=1S/C12H12N2O3S/c1-8(12(16)17)14-10(6-18-7-11(14)15)9-3-2-4-13-5-9/h2-6,8H,7H2,1H3,(H,16,17). The van der Waals surface area contributed by atoms with Gasteiger partial charge in [0.25, 0.3) is 0 Å². The van der Waals surface area contributed by atoms with Gasteiger partial charge < -0.3 is 5.11 Å². The summed E-state index contributed by atoms with van der Waals surface area (Å²) in [5, 5.41) is 10.9. The van der Waals surface area contributed by atoms with Crippen molar-refractivity contribution in [1.82, 2.24) is 9.88 Å². The average molecular weight is 264 g/mol. The van der Waals surface area contributed by atoms with E-state index in [1.165, 1.54) is 23.6 Å². The van der Waals surface area contributed by atoms with E-state index in [1.807, 2.05) is 0 Å². The number of nitrogens with zero attached hydrogens (tertiary/aromatic N) is 2. The Morgan fingerprint density at radius 3 is 3.00 bits per heavy atom. The van der Waals surface area contributed by atoms with Gasteiger partial charge in [0.15, 0.2) is 0 Å². The summed E-state index contributed by atoms with van der Waals surface area (Å²) in [5.41, 5.74) is 1.34. The predicted octanol–water partition coefficient (Wildman–Crippen LogP) is 1.43. The van der Waals surface area contributed by atoms with Crippen molar-refractivity contribution in [2.45, 2.75) is 13.0 Å². The van der Waals surface area contributed by atoms with Crippen molar-refractivity contribution in [2.24, 2.45) is 0 Å². The Morgan fingerprint density at radius 1 is 1.61 bits per heavy atom. The zero-order valence-corrected chi connectivity index (χ0v) is 10.6. The maximum absolute atomic E-state index is 11.9. The van der Waals surface area contributed by atoms with Crippen LogP contribution in [0.15, 0.2) is 29.9 Å². The van der Waals surface area contributed by atoms with Gasteiger partial charge >= 0.3 is 5.97 Å². The van der Waals surface area contributed by atoms with E-state index in [4.69, 9.17) is 5.11 Å². The van der Waals surface area contributed by atoms with Crippen LogP contribution < -0.4 is 0 Å². The highest BCUT2D eigenvalue weighted by Crippen LogP contribution is 2.29. The van der Waals surface area contributed by atoms with Crippen molar-refractivity contribution in [3.63, 3.8) is 0 Å². The van der Waals surface area contributed by atoms with Gasteiger partial charge in [-0.1, -0.05) is 0 Å². The zero-order chi connectivity index (χ0) is 13.1. The highest BCUT2D eigenvalue weighted by atomic mass is 32.2. The monoisotopic (exact) mass is 264 g/mol. The number of hydrogen-bond donors (Lipinski definition) is 1. The minimum atomic E-state index is -1.02. The van der Waals surface area contributed by atoms with Crippen LogP contribution >= 0.6 is 11.8 Å². The molecule has 2 rings (SSSR count). The van der Waals surface area contributed by atoms with E-state index >= 15 is 0 Å². The van der Waals surface area contributed by atoms with Crippen molar-refractivity contribution in [2.75, 3.05) is 5.75 Å². The molecule has 2 heterocycles. The predicted molar refractivity (Wildman–Crippen MR) is 68.6 cm³/mol. The number of aromatic nitrogens is 1. The molecular weight excluding hydrogens is 252 g/mol. The third-order valence-corrected chi connectivity index (χ3v) is 3.44. The molecule has 1 atom stereocenters. The number of carboxylic acid groups (broad SMARTS) is 1. The fraction of sp³-hybridized carbons (Fsp3) is 0.250. The van der Waals surface area contributed by atoms with Gasteiger partial charge in [0.2, 0.25) is 5.91 Å². The van der Waals surface area contributed by atoms with Crippen molar-refractivity contribution in [3.05, 3.63) is 35.5 Å². The summed E-state index contributed by atoms with van der Waals surface area (Å²) in [6, 6.07) is 2.67. The minimum absolute atomic E-state index is 0.198. The second-order valence-electron chi connectivity index (χ2n) is 3.83. The summed E-state index contributed by atoms with van der Waals surface area (Å²) >= 11 is 1.36. The summed E-state index contributed by atoms with van der Waals surface area (Å²) in [5.74, 6) is -0.956. The quantitative estimate of drug-likeness (QED) is 0.894. The van der Waals surface area contributed by atoms with Crippen LogP contribution in [0.1, 0.15) is 12.5 Å². The summed E-state index contributed by atoms with van der Waals surface area (Å²) in [4.78, 5) is 28.3. The molecule has 1 aliphatic rings. The first-order chi connectivity index (χ1) is 8.61. The summed E-state index contributed by atoms with van der Waals surface area (Å²) in [6.07, 6.45) is 3.25. The molecule has 1 amide bonds. The molecule has 5 nitrogen and oxygen atoms in total. The topological polar surface area (TPSA) is 70.5 Å². The lowest BCUT2D eigenvalue weighted by Gasteiger charge is -2.31. The molecule has 0 aromatic carbocycles. The molecule has 1 aromatic heterocycles. The Labute approximate surface area is 109 Å². The highest BCUT2D eigenvalue weighted by Gasteiger charge is 2.31. The van der Waals surface area contributed by atoms with E-state index < -0.39 is 12.0 Å². The normalized spacial score (nSPS) is 17.3. The van der Waals surface area contributed by atoms with E-state index in [0.29, 0.717) is 5.70 Å². The number of aliphatic carboxylic acids is 1. The Bertz CT molecular complexity index is 501. The first-order valence-electron chi connectivity index (χ1n) is 5.38. The number of amides is 1. The van der Waals surface area contributed by atoms with E-state index in [-0.39, 0.29) is 11.7 Å². The maximum atomic E-state index is 11.9. The first kappa shape index (κ1) is 12.6. The maximum Gasteiger partial charge on any atom is 0.326 e. The van der Waals surface area contributed by atoms with Crippen molar-refractivity contribution >= 4 is 29.3 Å². The number of thioether (sulfide) groups is 1. The average Bonchev–Trinajstić information content (AvgIpc) is 2.38. The Morgan fingerprint density at radius 2 is 2.39 bits per heavy atom. The number of carbonyl (C=O) groups excluding carboxylic acids is 1. The molecule has 0 saturated heterocycles. The summed E-state index contributed by atoms with van der Waals surface area (Å²) in [7, 11) is 0. The molecule has 1 aromatic rings. The van der Waals surface area contributed by atoms with Gasteiger partial charge in [0, 0.05) is 18.0 Å². The number of carbonyl (C=O) groups is 2. The lowest BCUT2D eigenvalue weighted by Crippen LogP contribution is -2.44. The molecule has 0 spiro atoms. The summed E-state index contributed by atoms with van der Waals surface area (Å²) in [6.45, 7) is 1.50. The molecule has 18 heavy (non-hydrogen) atoms. The largest absolute Gasteiger partial charge is 0.480 e. The van der Waals surface area contributed by atoms with Crippen LogP contribution in [0.3, 0.4) is 0 Å². The van der Waals surface area contributed by atoms with Gasteiger partial charge in [0.05, 0.1) is 11.4 Å². The molecule has 6 heteroatoms. The van der Waals surface area contributed by atoms with Gasteiger partial charge in [-0.25, -0.2) is 4.79 Å². The van der Waals surface area contributed by atoms with Crippen LogP contribution in [0.5, 0.6) is 0 Å². The fourth-order valence-electron chi connectivity index (χ4n) is 1.71. The van der Waals surface area contributed by atoms with Crippen LogP contribution in [0, 0.1) is 0 Å². The van der Waals surface area contributed by atoms with Gasteiger partial charge in [-0.2, -0.15) is 0 Å². The van der Waals surface area contributed by atoms with Gasteiger partial charge in [-0.15, -0.1) is 11.8 Å². The number of carboxylic acids is 1. The minimum Gasteiger partial charge on any atom is -0.480 e. The molecule has 1 unspecified atom stereocenters. The zero-order valence-electron chi connectivity index (χ0n) is 9.74. The highest BCUT2D eigenvalue weighted by molar-refractivity contribution is 8.03. The molecule has 0 aliphatic carbocycles.